The summed E-state index contributed by atoms with van der Waals surface area (Å²) in [4.78, 5) is 28.9. The lowest BCUT2D eigenvalue weighted by molar-refractivity contribution is 0.262. The highest BCUT2D eigenvalue weighted by Crippen LogP contribution is 2.14. The van der Waals surface area contributed by atoms with Crippen LogP contribution in [0, 0.1) is 18.6 Å². The van der Waals surface area contributed by atoms with Gasteiger partial charge in [-0.05, 0) is 19.1 Å². The van der Waals surface area contributed by atoms with Crippen LogP contribution < -0.4 is 16.2 Å². The second kappa shape index (κ2) is 5.47. The zero-order valence-corrected chi connectivity index (χ0v) is 10.3. The molecule has 6 nitrogen and oxygen atoms in total. The molecule has 3 N–H and O–H groups in total. The highest BCUT2D eigenvalue weighted by molar-refractivity contribution is 5.98. The Morgan fingerprint density at radius 3 is 2.65 bits per heavy atom. The van der Waals surface area contributed by atoms with Gasteiger partial charge in [-0.25, -0.2) is 18.6 Å². The van der Waals surface area contributed by atoms with Crippen LogP contribution in [-0.2, 0) is 0 Å². The Bertz CT molecular complexity index is 715. The maximum absolute atomic E-state index is 13.3. The molecular formula is C12H10F2N4O2. The minimum absolute atomic E-state index is 0.0741. The van der Waals surface area contributed by atoms with Crippen LogP contribution in [0.3, 0.4) is 0 Å². The minimum atomic E-state index is -0.911. The summed E-state index contributed by atoms with van der Waals surface area (Å²) in [7, 11) is 0. The van der Waals surface area contributed by atoms with Gasteiger partial charge in [-0.3, -0.25) is 15.1 Å². The van der Waals surface area contributed by atoms with E-state index in [9.17, 15) is 18.4 Å². The smallest absolute Gasteiger partial charge is 0.305 e. The van der Waals surface area contributed by atoms with E-state index >= 15 is 0 Å². The Morgan fingerprint density at radius 2 is 2.00 bits per heavy atom. The predicted molar refractivity (Wildman–Crippen MR) is 68.6 cm³/mol. The molecule has 2 amide bonds. The first-order valence-corrected chi connectivity index (χ1v) is 5.55. The number of anilines is 2. The summed E-state index contributed by atoms with van der Waals surface area (Å²) in [5.74, 6) is -1.74. The molecule has 0 aliphatic heterocycles. The van der Waals surface area contributed by atoms with Gasteiger partial charge in [0.25, 0.3) is 5.56 Å². The molecule has 0 unspecified atom stereocenters. The number of carbonyl (C=O) groups excluding carboxylic acids is 1. The number of halogens is 2. The van der Waals surface area contributed by atoms with Crippen molar-refractivity contribution in [3.8, 4) is 0 Å². The number of carbonyl (C=O) groups is 1. The molecule has 0 fully saturated rings. The summed E-state index contributed by atoms with van der Waals surface area (Å²) >= 11 is 0. The number of nitrogens with zero attached hydrogens (tertiary/aromatic N) is 1. The number of H-pyrrole nitrogens is 1. The molecule has 0 spiro atoms. The maximum atomic E-state index is 13.3. The zero-order valence-electron chi connectivity index (χ0n) is 10.3. The fraction of sp³-hybridized carbons (Fsp3) is 0.0833. The summed E-state index contributed by atoms with van der Waals surface area (Å²) in [6.07, 6.45) is 0. The van der Waals surface area contributed by atoms with Gasteiger partial charge in [0.1, 0.15) is 11.6 Å². The molecule has 0 saturated heterocycles. The minimum Gasteiger partial charge on any atom is -0.305 e. The van der Waals surface area contributed by atoms with Gasteiger partial charge in [0, 0.05) is 17.8 Å². The lowest BCUT2D eigenvalue weighted by Crippen LogP contribution is -2.23. The molecule has 2 rings (SSSR count). The van der Waals surface area contributed by atoms with Gasteiger partial charge in [-0.1, -0.05) is 0 Å². The number of aryl methyl sites for hydroxylation is 1. The monoisotopic (exact) mass is 280 g/mol. The SMILES string of the molecule is Cc1cc(=O)[nH]c(NC(=O)Nc2ccc(F)cc2F)n1. The molecule has 104 valence electrons. The van der Waals surface area contributed by atoms with E-state index in [0.717, 1.165) is 12.1 Å². The van der Waals surface area contributed by atoms with Crippen molar-refractivity contribution in [2.75, 3.05) is 10.6 Å². The van der Waals surface area contributed by atoms with Crippen LogP contribution in [0.2, 0.25) is 0 Å². The van der Waals surface area contributed by atoms with Gasteiger partial charge < -0.3 is 5.32 Å². The van der Waals surface area contributed by atoms with Crippen molar-refractivity contribution in [3.05, 3.63) is 51.9 Å². The van der Waals surface area contributed by atoms with Crippen molar-refractivity contribution in [1.29, 1.82) is 0 Å². The molecule has 0 saturated carbocycles. The number of urea groups is 1. The van der Waals surface area contributed by atoms with Crippen molar-refractivity contribution in [3.63, 3.8) is 0 Å². The third-order valence-electron chi connectivity index (χ3n) is 2.28. The van der Waals surface area contributed by atoms with Crippen LogP contribution >= 0.6 is 0 Å². The van der Waals surface area contributed by atoms with Crippen molar-refractivity contribution in [1.82, 2.24) is 9.97 Å². The van der Waals surface area contributed by atoms with Crippen molar-refractivity contribution in [2.24, 2.45) is 0 Å². The van der Waals surface area contributed by atoms with Crippen LogP contribution in [-0.4, -0.2) is 16.0 Å². The van der Waals surface area contributed by atoms with Crippen LogP contribution in [0.1, 0.15) is 5.69 Å². The van der Waals surface area contributed by atoms with Gasteiger partial charge >= 0.3 is 6.03 Å². The molecule has 0 atom stereocenters. The predicted octanol–water partition coefficient (Wildman–Crippen LogP) is 2.00. The number of rotatable bonds is 2. The van der Waals surface area contributed by atoms with Gasteiger partial charge in [0.2, 0.25) is 5.95 Å². The molecule has 8 heteroatoms. The Balaban J connectivity index is 2.10. The van der Waals surface area contributed by atoms with E-state index in [1.54, 1.807) is 6.92 Å². The second-order valence-electron chi connectivity index (χ2n) is 3.94. The summed E-state index contributed by atoms with van der Waals surface area (Å²) in [5.41, 5.74) is -0.211. The number of hydrogen-bond donors (Lipinski definition) is 3. The molecule has 1 heterocycles. The summed E-state index contributed by atoms with van der Waals surface area (Å²) in [6, 6.07) is 3.16. The van der Waals surface area contributed by atoms with Gasteiger partial charge in [0.05, 0.1) is 5.69 Å². The quantitative estimate of drug-likeness (QED) is 0.786. The number of hydrogen-bond acceptors (Lipinski definition) is 3. The summed E-state index contributed by atoms with van der Waals surface area (Å²) in [5, 5.41) is 4.41. The summed E-state index contributed by atoms with van der Waals surface area (Å²) in [6.45, 7) is 1.58. The fourth-order valence-electron chi connectivity index (χ4n) is 1.49. The number of benzene rings is 1. The Labute approximate surface area is 111 Å². The van der Waals surface area contributed by atoms with E-state index in [-0.39, 0.29) is 11.6 Å². The van der Waals surface area contributed by atoms with E-state index in [0.29, 0.717) is 11.8 Å². The van der Waals surface area contributed by atoms with Crippen LogP contribution in [0.25, 0.3) is 0 Å². The first-order valence-electron chi connectivity index (χ1n) is 5.55. The standard InChI is InChI=1S/C12H10F2N4O2/c1-6-4-10(19)17-11(15-6)18-12(20)16-9-3-2-7(13)5-8(9)14/h2-5H,1H3,(H3,15,16,17,18,19,20). The van der Waals surface area contributed by atoms with Crippen LogP contribution in [0.4, 0.5) is 25.2 Å². The first kappa shape index (κ1) is 13.7. The van der Waals surface area contributed by atoms with E-state index in [2.05, 4.69) is 20.6 Å². The van der Waals surface area contributed by atoms with Gasteiger partial charge in [-0.2, -0.15) is 0 Å². The van der Waals surface area contributed by atoms with Crippen molar-refractivity contribution < 1.29 is 13.6 Å². The van der Waals surface area contributed by atoms with Crippen molar-refractivity contribution in [2.45, 2.75) is 6.92 Å². The van der Waals surface area contributed by atoms with Crippen molar-refractivity contribution >= 4 is 17.7 Å². The lowest BCUT2D eigenvalue weighted by atomic mass is 10.3. The third kappa shape index (κ3) is 3.37. The fourth-order valence-corrected chi connectivity index (χ4v) is 1.49. The van der Waals surface area contributed by atoms with E-state index in [4.69, 9.17) is 0 Å². The topological polar surface area (TPSA) is 86.9 Å². The molecule has 2 aromatic rings. The maximum Gasteiger partial charge on any atom is 0.326 e. The molecular weight excluding hydrogens is 270 g/mol. The number of aromatic amines is 1. The molecule has 1 aromatic carbocycles. The zero-order chi connectivity index (χ0) is 14.7. The van der Waals surface area contributed by atoms with E-state index < -0.39 is 23.2 Å². The highest BCUT2D eigenvalue weighted by Gasteiger charge is 2.09. The first-order chi connectivity index (χ1) is 9.44. The molecule has 0 radical (unpaired) electrons. The van der Waals surface area contributed by atoms with Crippen LogP contribution in [0.5, 0.6) is 0 Å². The lowest BCUT2D eigenvalue weighted by Gasteiger charge is -2.07. The average molecular weight is 280 g/mol. The number of nitrogens with one attached hydrogen (secondary N) is 3. The molecule has 20 heavy (non-hydrogen) atoms. The van der Waals surface area contributed by atoms with Gasteiger partial charge in [-0.15, -0.1) is 0 Å². The molecule has 0 bridgehead atoms. The molecule has 1 aromatic heterocycles. The summed E-state index contributed by atoms with van der Waals surface area (Å²) < 4.78 is 26.0. The average Bonchev–Trinajstić information content (AvgIpc) is 2.31. The number of aromatic nitrogens is 2. The van der Waals surface area contributed by atoms with E-state index in [1.807, 2.05) is 0 Å². The third-order valence-corrected chi connectivity index (χ3v) is 2.28. The van der Waals surface area contributed by atoms with E-state index in [1.165, 1.54) is 6.07 Å². The Kier molecular flexibility index (Phi) is 3.74. The Hall–Kier alpha value is -2.77. The molecule has 0 aliphatic carbocycles. The normalized spacial score (nSPS) is 10.2. The molecule has 0 aliphatic rings. The van der Waals surface area contributed by atoms with Crippen LogP contribution in [0.15, 0.2) is 29.1 Å². The largest absolute Gasteiger partial charge is 0.326 e. The van der Waals surface area contributed by atoms with Gasteiger partial charge in [0.15, 0.2) is 0 Å². The Morgan fingerprint density at radius 1 is 1.25 bits per heavy atom. The number of amides is 2. The second-order valence-corrected chi connectivity index (χ2v) is 3.94. The highest BCUT2D eigenvalue weighted by atomic mass is 19.1.